The Hall–Kier alpha value is -3.98. The lowest BCUT2D eigenvalue weighted by molar-refractivity contribution is 0.0534. The molecule has 9 nitrogen and oxygen atoms in total. The van der Waals surface area contributed by atoms with Crippen molar-refractivity contribution >= 4 is 28.7 Å². The van der Waals surface area contributed by atoms with Gasteiger partial charge < -0.3 is 24.4 Å². The average Bonchev–Trinajstić information content (AvgIpc) is 3.53. The number of hydrogen-bond donors (Lipinski definition) is 1. The van der Waals surface area contributed by atoms with Crippen molar-refractivity contribution in [2.24, 2.45) is 0 Å². The van der Waals surface area contributed by atoms with Gasteiger partial charge in [-0.3, -0.25) is 9.59 Å². The SMILES string of the molecule is Cc1c(COc2ccc3nc(C(=O)N4CC[C@@](C)(O)C4)cc(C(=O)N4CCCCC4)c3c2)ccc2c1COC2=O. The van der Waals surface area contributed by atoms with Crippen LogP contribution in [0.15, 0.2) is 36.4 Å². The Morgan fingerprint density at radius 3 is 2.60 bits per heavy atom. The normalized spacial score (nSPS) is 20.5. The summed E-state index contributed by atoms with van der Waals surface area (Å²) < 4.78 is 11.3. The Balaban J connectivity index is 1.32. The van der Waals surface area contributed by atoms with Gasteiger partial charge in [-0.2, -0.15) is 0 Å². The Labute approximate surface area is 232 Å². The average molecular weight is 544 g/mol. The van der Waals surface area contributed by atoms with Gasteiger partial charge in [0, 0.05) is 37.1 Å². The number of rotatable bonds is 5. The standard InChI is InChI=1S/C31H33N3O6/c1-19-20(6-8-22-25(19)17-40-30(22)37)16-39-21-7-9-26-23(14-21)24(28(35)33-11-4-3-5-12-33)15-27(32-26)29(36)34-13-10-31(2,38)18-34/h6-9,14-15,38H,3-5,10-13,16-18H2,1-2H3/t31-/m1/s1. The van der Waals surface area contributed by atoms with Crippen LogP contribution in [0.4, 0.5) is 0 Å². The number of β-amino-alcohol motifs (C(OH)–C–C–N with tert-alkyl or cyclic N) is 1. The molecule has 1 aromatic heterocycles. The van der Waals surface area contributed by atoms with Crippen LogP contribution in [-0.4, -0.2) is 69.5 Å². The summed E-state index contributed by atoms with van der Waals surface area (Å²) in [5, 5.41) is 11.0. The van der Waals surface area contributed by atoms with E-state index in [0.717, 1.165) is 36.0 Å². The van der Waals surface area contributed by atoms with E-state index in [0.29, 0.717) is 53.8 Å². The van der Waals surface area contributed by atoms with Crippen LogP contribution in [0.25, 0.3) is 10.9 Å². The first-order valence-electron chi connectivity index (χ1n) is 13.9. The highest BCUT2D eigenvalue weighted by Crippen LogP contribution is 2.30. The maximum absolute atomic E-state index is 13.7. The molecule has 2 aromatic carbocycles. The molecule has 0 unspecified atom stereocenters. The number of esters is 1. The third-order valence-electron chi connectivity index (χ3n) is 8.28. The lowest BCUT2D eigenvalue weighted by atomic mass is 9.99. The van der Waals surface area contributed by atoms with Crippen molar-refractivity contribution in [2.45, 2.75) is 58.3 Å². The van der Waals surface area contributed by atoms with E-state index in [2.05, 4.69) is 4.98 Å². The molecule has 1 atom stereocenters. The highest BCUT2D eigenvalue weighted by Gasteiger charge is 2.35. The maximum atomic E-state index is 13.7. The van der Waals surface area contributed by atoms with Crippen molar-refractivity contribution in [1.29, 1.82) is 0 Å². The summed E-state index contributed by atoms with van der Waals surface area (Å²) >= 11 is 0. The number of piperidine rings is 1. The quantitative estimate of drug-likeness (QED) is 0.484. The van der Waals surface area contributed by atoms with Gasteiger partial charge in [-0.25, -0.2) is 9.78 Å². The molecule has 3 aromatic rings. The van der Waals surface area contributed by atoms with Crippen LogP contribution in [0.1, 0.15) is 80.5 Å². The first kappa shape index (κ1) is 26.3. The Kier molecular flexibility index (Phi) is 6.70. The molecule has 2 fully saturated rings. The van der Waals surface area contributed by atoms with E-state index in [9.17, 15) is 19.5 Å². The van der Waals surface area contributed by atoms with Gasteiger partial charge in [0.25, 0.3) is 11.8 Å². The van der Waals surface area contributed by atoms with Gasteiger partial charge >= 0.3 is 5.97 Å². The van der Waals surface area contributed by atoms with Gasteiger partial charge in [-0.05, 0) is 81.0 Å². The highest BCUT2D eigenvalue weighted by atomic mass is 16.5. The van der Waals surface area contributed by atoms with Crippen molar-refractivity contribution in [3.63, 3.8) is 0 Å². The number of likely N-dealkylation sites (tertiary alicyclic amines) is 2. The minimum Gasteiger partial charge on any atom is -0.489 e. The van der Waals surface area contributed by atoms with E-state index in [1.54, 1.807) is 36.1 Å². The van der Waals surface area contributed by atoms with E-state index in [4.69, 9.17) is 9.47 Å². The van der Waals surface area contributed by atoms with Crippen molar-refractivity contribution in [3.8, 4) is 5.75 Å². The Morgan fingerprint density at radius 1 is 1.05 bits per heavy atom. The summed E-state index contributed by atoms with van der Waals surface area (Å²) in [6, 6.07) is 10.6. The number of hydrogen-bond acceptors (Lipinski definition) is 7. The number of carbonyl (C=O) groups excluding carboxylic acids is 3. The molecule has 1 N–H and O–H groups in total. The number of nitrogens with zero attached hydrogens (tertiary/aromatic N) is 3. The first-order chi connectivity index (χ1) is 19.2. The molecule has 208 valence electrons. The molecule has 2 amide bonds. The van der Waals surface area contributed by atoms with Crippen LogP contribution in [0, 0.1) is 6.92 Å². The second kappa shape index (κ2) is 10.2. The van der Waals surface area contributed by atoms with Gasteiger partial charge in [0.2, 0.25) is 0 Å². The molecule has 0 radical (unpaired) electrons. The maximum Gasteiger partial charge on any atom is 0.338 e. The van der Waals surface area contributed by atoms with Gasteiger partial charge in [0.05, 0.1) is 22.2 Å². The fourth-order valence-corrected chi connectivity index (χ4v) is 5.84. The second-order valence-electron chi connectivity index (χ2n) is 11.3. The van der Waals surface area contributed by atoms with Gasteiger partial charge in [-0.1, -0.05) is 6.07 Å². The fraction of sp³-hybridized carbons (Fsp3) is 0.419. The van der Waals surface area contributed by atoms with E-state index < -0.39 is 5.60 Å². The third kappa shape index (κ3) is 4.90. The molecule has 9 heteroatoms. The molecular formula is C31H33N3O6. The summed E-state index contributed by atoms with van der Waals surface area (Å²) in [5.41, 5.74) is 3.64. The number of amides is 2. The summed E-state index contributed by atoms with van der Waals surface area (Å²) in [6.07, 6.45) is 3.50. The number of fused-ring (bicyclic) bond motifs is 2. The van der Waals surface area contributed by atoms with Crippen LogP contribution >= 0.6 is 0 Å². The van der Waals surface area contributed by atoms with Crippen LogP contribution < -0.4 is 4.74 Å². The zero-order chi connectivity index (χ0) is 28.0. The molecule has 40 heavy (non-hydrogen) atoms. The van der Waals surface area contributed by atoms with Crippen LogP contribution in [0.3, 0.4) is 0 Å². The zero-order valence-electron chi connectivity index (χ0n) is 22.9. The number of cyclic esters (lactones) is 1. The second-order valence-corrected chi connectivity index (χ2v) is 11.3. The monoisotopic (exact) mass is 543 g/mol. The van der Waals surface area contributed by atoms with Crippen LogP contribution in [0.2, 0.25) is 0 Å². The topological polar surface area (TPSA) is 109 Å². The number of benzene rings is 2. The number of ether oxygens (including phenoxy) is 2. The van der Waals surface area contributed by atoms with Crippen LogP contribution in [0.5, 0.6) is 5.75 Å². The lowest BCUT2D eigenvalue weighted by Gasteiger charge is -2.27. The molecule has 0 aliphatic carbocycles. The molecule has 0 spiro atoms. The van der Waals surface area contributed by atoms with Crippen molar-refractivity contribution in [3.05, 3.63) is 69.9 Å². The summed E-state index contributed by atoms with van der Waals surface area (Å²) in [5.74, 6) is -0.136. The first-order valence-corrected chi connectivity index (χ1v) is 13.9. The van der Waals surface area contributed by atoms with Gasteiger partial charge in [-0.15, -0.1) is 0 Å². The number of pyridine rings is 1. The molecule has 0 saturated carbocycles. The molecular weight excluding hydrogens is 510 g/mol. The number of aromatic nitrogens is 1. The largest absolute Gasteiger partial charge is 0.489 e. The molecule has 2 saturated heterocycles. The Bertz CT molecular complexity index is 1530. The molecule has 4 heterocycles. The molecule has 0 bridgehead atoms. The zero-order valence-corrected chi connectivity index (χ0v) is 22.9. The predicted octanol–water partition coefficient (Wildman–Crippen LogP) is 4.02. The summed E-state index contributed by atoms with van der Waals surface area (Å²) in [7, 11) is 0. The van der Waals surface area contributed by atoms with E-state index in [-0.39, 0.29) is 43.2 Å². The fourth-order valence-electron chi connectivity index (χ4n) is 5.84. The van der Waals surface area contributed by atoms with Gasteiger partial charge in [0.15, 0.2) is 0 Å². The van der Waals surface area contributed by atoms with Gasteiger partial charge in [0.1, 0.15) is 24.7 Å². The Morgan fingerprint density at radius 2 is 1.85 bits per heavy atom. The lowest BCUT2D eigenvalue weighted by Crippen LogP contribution is -2.36. The van der Waals surface area contributed by atoms with E-state index in [1.807, 2.05) is 24.0 Å². The smallest absolute Gasteiger partial charge is 0.338 e. The summed E-state index contributed by atoms with van der Waals surface area (Å²) in [6.45, 7) is 6.27. The number of carbonyl (C=O) groups is 3. The molecule has 3 aliphatic heterocycles. The number of aliphatic hydroxyl groups is 1. The molecule has 3 aliphatic rings. The van der Waals surface area contributed by atoms with Crippen LogP contribution in [-0.2, 0) is 18.0 Å². The predicted molar refractivity (Wildman–Crippen MR) is 147 cm³/mol. The minimum atomic E-state index is -0.926. The van der Waals surface area contributed by atoms with E-state index >= 15 is 0 Å². The van der Waals surface area contributed by atoms with E-state index in [1.165, 1.54) is 0 Å². The summed E-state index contributed by atoms with van der Waals surface area (Å²) in [4.78, 5) is 47.0. The highest BCUT2D eigenvalue weighted by molar-refractivity contribution is 6.09. The third-order valence-corrected chi connectivity index (χ3v) is 8.28. The molecule has 6 rings (SSSR count). The minimum absolute atomic E-state index is 0.120. The van der Waals surface area contributed by atoms with Crippen molar-refractivity contribution in [2.75, 3.05) is 26.2 Å². The van der Waals surface area contributed by atoms with Crippen molar-refractivity contribution in [1.82, 2.24) is 14.8 Å². The van der Waals surface area contributed by atoms with Crippen molar-refractivity contribution < 1.29 is 29.0 Å².